The molecule has 1 saturated heterocycles. The highest BCUT2D eigenvalue weighted by Gasteiger charge is 2.25. The van der Waals surface area contributed by atoms with Crippen LogP contribution in [0.3, 0.4) is 0 Å². The van der Waals surface area contributed by atoms with E-state index in [9.17, 15) is 4.79 Å². The predicted octanol–water partition coefficient (Wildman–Crippen LogP) is 5.17. The van der Waals surface area contributed by atoms with Crippen molar-refractivity contribution in [1.82, 2.24) is 10.4 Å². The first kappa shape index (κ1) is 24.4. The first-order valence-corrected chi connectivity index (χ1v) is 12.5. The molecule has 1 amide bonds. The van der Waals surface area contributed by atoms with Crippen molar-refractivity contribution < 1.29 is 24.2 Å². The van der Waals surface area contributed by atoms with Crippen molar-refractivity contribution in [2.45, 2.75) is 19.4 Å². The summed E-state index contributed by atoms with van der Waals surface area (Å²) in [6, 6.07) is 18.1. The number of rotatable bonds is 6. The molecule has 2 heterocycles. The van der Waals surface area contributed by atoms with Crippen molar-refractivity contribution in [3.63, 3.8) is 0 Å². The van der Waals surface area contributed by atoms with E-state index in [0.29, 0.717) is 18.2 Å². The van der Waals surface area contributed by atoms with Crippen molar-refractivity contribution in [3.05, 3.63) is 65.2 Å². The Balaban J connectivity index is 1.37. The van der Waals surface area contributed by atoms with Crippen molar-refractivity contribution in [2.75, 3.05) is 33.4 Å². The molecule has 0 radical (unpaired) electrons. The molecular weight excluding hydrogens is 480 g/mol. The van der Waals surface area contributed by atoms with Gasteiger partial charge < -0.3 is 14.2 Å². The average Bonchev–Trinajstić information content (AvgIpc) is 2.93. The minimum absolute atomic E-state index is 0.140. The molecule has 2 aliphatic heterocycles. The zero-order valence-corrected chi connectivity index (χ0v) is 20.9. The maximum atomic E-state index is 11.7. The van der Waals surface area contributed by atoms with Crippen LogP contribution < -0.4 is 19.7 Å². The van der Waals surface area contributed by atoms with Gasteiger partial charge in [-0.25, -0.2) is 5.48 Å². The van der Waals surface area contributed by atoms with Gasteiger partial charge >= 0.3 is 0 Å². The van der Waals surface area contributed by atoms with Crippen LogP contribution in [0.2, 0.25) is 5.02 Å². The van der Waals surface area contributed by atoms with Gasteiger partial charge in [-0.05, 0) is 55.3 Å². The normalized spacial score (nSPS) is 16.0. The number of nitrogens with zero attached hydrogens (tertiary/aromatic N) is 1. The van der Waals surface area contributed by atoms with E-state index in [1.54, 1.807) is 12.6 Å². The number of carbonyl (C=O) groups is 1. The standard InChI is InChI=1S/C28H29ClN2O5/c1-34-25-15-19(5-6-21(25)17-31-11-9-18(10-12-31)28(32)30-33)22-3-2-4-23(27(22)29)20-7-8-24-26(16-20)36-14-13-35-24/h2-8,15-16,18,33H,9-14,17H2,1H3,(H,30,32). The third kappa shape index (κ3) is 5.00. The SMILES string of the molecule is COc1cc(-c2cccc(-c3ccc4c(c3)OCCO4)c2Cl)ccc1CN1CCC(C(=O)NO)CC1. The highest BCUT2D eigenvalue weighted by atomic mass is 35.5. The summed E-state index contributed by atoms with van der Waals surface area (Å²) in [5.41, 5.74) is 6.62. The molecule has 1 fully saturated rings. The molecule has 0 spiro atoms. The second-order valence-electron chi connectivity index (χ2n) is 9.08. The number of likely N-dealkylation sites (tertiary alicyclic amines) is 1. The number of hydroxylamine groups is 1. The van der Waals surface area contributed by atoms with Crippen LogP contribution in [0.4, 0.5) is 0 Å². The van der Waals surface area contributed by atoms with E-state index < -0.39 is 0 Å². The van der Waals surface area contributed by atoms with Crippen LogP contribution in [0.5, 0.6) is 17.2 Å². The summed E-state index contributed by atoms with van der Waals surface area (Å²) in [6.45, 7) is 3.38. The van der Waals surface area contributed by atoms with Crippen LogP contribution in [0.1, 0.15) is 18.4 Å². The summed E-state index contributed by atoms with van der Waals surface area (Å²) in [5.74, 6) is 1.83. The fourth-order valence-electron chi connectivity index (χ4n) is 4.92. The number of ether oxygens (including phenoxy) is 3. The van der Waals surface area contributed by atoms with E-state index in [-0.39, 0.29) is 11.8 Å². The zero-order chi connectivity index (χ0) is 25.1. The largest absolute Gasteiger partial charge is 0.496 e. The Kier molecular flexibility index (Phi) is 7.32. The van der Waals surface area contributed by atoms with Crippen LogP contribution in [0.15, 0.2) is 54.6 Å². The van der Waals surface area contributed by atoms with Gasteiger partial charge in [-0.1, -0.05) is 48.0 Å². The number of nitrogens with one attached hydrogen (secondary N) is 1. The van der Waals surface area contributed by atoms with Gasteiger partial charge in [0.2, 0.25) is 5.91 Å². The fourth-order valence-corrected chi connectivity index (χ4v) is 5.26. The Morgan fingerprint density at radius 1 is 1.03 bits per heavy atom. The number of hydrogen-bond donors (Lipinski definition) is 2. The molecule has 0 bridgehead atoms. The number of amides is 1. The molecule has 0 unspecified atom stereocenters. The Labute approximate surface area is 215 Å². The number of carbonyl (C=O) groups excluding carboxylic acids is 1. The molecule has 0 saturated carbocycles. The molecule has 0 aromatic heterocycles. The monoisotopic (exact) mass is 508 g/mol. The van der Waals surface area contributed by atoms with Crippen LogP contribution in [-0.2, 0) is 11.3 Å². The highest BCUT2D eigenvalue weighted by Crippen LogP contribution is 2.41. The predicted molar refractivity (Wildman–Crippen MR) is 138 cm³/mol. The Hall–Kier alpha value is -3.26. The molecule has 7 nitrogen and oxygen atoms in total. The average molecular weight is 509 g/mol. The summed E-state index contributed by atoms with van der Waals surface area (Å²) in [4.78, 5) is 14.0. The van der Waals surface area contributed by atoms with E-state index in [1.165, 1.54) is 0 Å². The lowest BCUT2D eigenvalue weighted by Gasteiger charge is -2.31. The maximum Gasteiger partial charge on any atom is 0.246 e. The molecule has 2 N–H and O–H groups in total. The Bertz CT molecular complexity index is 1260. The second-order valence-corrected chi connectivity index (χ2v) is 9.46. The lowest BCUT2D eigenvalue weighted by atomic mass is 9.95. The van der Waals surface area contributed by atoms with E-state index in [1.807, 2.05) is 42.5 Å². The summed E-state index contributed by atoms with van der Waals surface area (Å²) in [6.07, 6.45) is 1.43. The van der Waals surface area contributed by atoms with Gasteiger partial charge in [0.1, 0.15) is 19.0 Å². The first-order chi connectivity index (χ1) is 17.6. The summed E-state index contributed by atoms with van der Waals surface area (Å²) in [7, 11) is 1.67. The smallest absolute Gasteiger partial charge is 0.246 e. The van der Waals surface area contributed by atoms with Gasteiger partial charge in [0.25, 0.3) is 0 Å². The topological polar surface area (TPSA) is 80.3 Å². The van der Waals surface area contributed by atoms with Crippen LogP contribution >= 0.6 is 11.6 Å². The van der Waals surface area contributed by atoms with Gasteiger partial charge in [0, 0.05) is 29.2 Å². The first-order valence-electron chi connectivity index (χ1n) is 12.1. The number of piperidine rings is 1. The quantitative estimate of drug-likeness (QED) is 0.353. The second kappa shape index (κ2) is 10.8. The Morgan fingerprint density at radius 2 is 1.69 bits per heavy atom. The van der Waals surface area contributed by atoms with Gasteiger partial charge in [-0.3, -0.25) is 14.9 Å². The van der Waals surface area contributed by atoms with E-state index in [4.69, 9.17) is 31.0 Å². The molecule has 3 aromatic rings. The lowest BCUT2D eigenvalue weighted by molar-refractivity contribution is -0.134. The highest BCUT2D eigenvalue weighted by molar-refractivity contribution is 6.36. The summed E-state index contributed by atoms with van der Waals surface area (Å²) >= 11 is 6.93. The molecule has 8 heteroatoms. The Morgan fingerprint density at radius 3 is 2.39 bits per heavy atom. The fraction of sp³-hybridized carbons (Fsp3) is 0.321. The van der Waals surface area contributed by atoms with Crippen molar-refractivity contribution in [2.24, 2.45) is 5.92 Å². The number of hydrogen-bond acceptors (Lipinski definition) is 6. The lowest BCUT2D eigenvalue weighted by Crippen LogP contribution is -2.39. The van der Waals surface area contributed by atoms with E-state index in [2.05, 4.69) is 17.0 Å². The third-order valence-electron chi connectivity index (χ3n) is 6.91. The minimum Gasteiger partial charge on any atom is -0.496 e. The molecule has 188 valence electrons. The number of methoxy groups -OCH3 is 1. The van der Waals surface area contributed by atoms with Crippen molar-refractivity contribution >= 4 is 17.5 Å². The summed E-state index contributed by atoms with van der Waals surface area (Å²) < 4.78 is 17.1. The summed E-state index contributed by atoms with van der Waals surface area (Å²) in [5, 5.41) is 9.54. The van der Waals surface area contributed by atoms with Crippen molar-refractivity contribution in [3.8, 4) is 39.5 Å². The number of halogens is 1. The molecule has 3 aromatic carbocycles. The molecule has 36 heavy (non-hydrogen) atoms. The van der Waals surface area contributed by atoms with Gasteiger partial charge in [0.15, 0.2) is 11.5 Å². The number of fused-ring (bicyclic) bond motifs is 1. The molecule has 5 rings (SSSR count). The molecule has 0 atom stereocenters. The van der Waals surface area contributed by atoms with Crippen LogP contribution in [0, 0.1) is 5.92 Å². The van der Waals surface area contributed by atoms with Crippen LogP contribution in [0.25, 0.3) is 22.3 Å². The number of benzene rings is 3. The molecule has 0 aliphatic carbocycles. The van der Waals surface area contributed by atoms with Gasteiger partial charge in [0.05, 0.1) is 12.1 Å². The van der Waals surface area contributed by atoms with Gasteiger partial charge in [-0.2, -0.15) is 0 Å². The minimum atomic E-state index is -0.299. The molecule has 2 aliphatic rings. The van der Waals surface area contributed by atoms with Crippen LogP contribution in [-0.4, -0.2) is 49.4 Å². The third-order valence-corrected chi connectivity index (χ3v) is 7.32. The molecular formula is C28H29ClN2O5. The zero-order valence-electron chi connectivity index (χ0n) is 20.1. The van der Waals surface area contributed by atoms with E-state index >= 15 is 0 Å². The van der Waals surface area contributed by atoms with Gasteiger partial charge in [-0.15, -0.1) is 0 Å². The maximum absolute atomic E-state index is 11.7. The van der Waals surface area contributed by atoms with E-state index in [0.717, 1.165) is 77.5 Å². The van der Waals surface area contributed by atoms with Crippen molar-refractivity contribution in [1.29, 1.82) is 0 Å².